The van der Waals surface area contributed by atoms with Crippen molar-refractivity contribution in [1.82, 2.24) is 10.3 Å². The van der Waals surface area contributed by atoms with Crippen LogP contribution in [0.15, 0.2) is 0 Å². The average molecular weight is 318 g/mol. The molecular formula is C16H22N4OS. The van der Waals surface area contributed by atoms with Crippen LogP contribution in [0.5, 0.6) is 0 Å². The molecule has 0 radical (unpaired) electrons. The highest BCUT2D eigenvalue weighted by Crippen LogP contribution is 2.39. The van der Waals surface area contributed by atoms with Crippen molar-refractivity contribution in [3.63, 3.8) is 0 Å². The summed E-state index contributed by atoms with van der Waals surface area (Å²) in [4.78, 5) is 18.1. The van der Waals surface area contributed by atoms with Crippen LogP contribution >= 0.6 is 11.3 Å². The minimum Gasteiger partial charge on any atom is -0.321 e. The van der Waals surface area contributed by atoms with E-state index >= 15 is 0 Å². The first kappa shape index (κ1) is 15.3. The lowest BCUT2D eigenvalue weighted by Gasteiger charge is -2.32. The molecule has 2 N–H and O–H groups in total. The monoisotopic (exact) mass is 318 g/mol. The van der Waals surface area contributed by atoms with Crippen LogP contribution < -0.4 is 10.6 Å². The Morgan fingerprint density at radius 2 is 2.05 bits per heavy atom. The lowest BCUT2D eigenvalue weighted by molar-refractivity contribution is -0.122. The molecule has 2 aliphatic carbocycles. The number of rotatable bonds is 4. The van der Waals surface area contributed by atoms with E-state index in [-0.39, 0.29) is 17.9 Å². The van der Waals surface area contributed by atoms with E-state index in [4.69, 9.17) is 5.26 Å². The standard InChI is InChI=1S/C16H22N4OS/c1-10-14(11-5-3-2-4-6-11)22-16(19-10)20-15(21)12-7-13(8-12)18-9-17/h11-13,18H,2-8H2,1H3,(H,19,20,21)/t12-,13-. The number of nitrogens with zero attached hydrogens (tertiary/aromatic N) is 2. The summed E-state index contributed by atoms with van der Waals surface area (Å²) in [5.74, 6) is 0.679. The van der Waals surface area contributed by atoms with Crippen molar-refractivity contribution in [2.24, 2.45) is 5.92 Å². The highest BCUT2D eigenvalue weighted by Gasteiger charge is 2.35. The largest absolute Gasteiger partial charge is 0.321 e. The molecule has 118 valence electrons. The molecular weight excluding hydrogens is 296 g/mol. The van der Waals surface area contributed by atoms with Crippen LogP contribution in [0.3, 0.4) is 0 Å². The lowest BCUT2D eigenvalue weighted by Crippen LogP contribution is -2.44. The van der Waals surface area contributed by atoms with Crippen LogP contribution in [-0.4, -0.2) is 16.9 Å². The Morgan fingerprint density at radius 1 is 1.32 bits per heavy atom. The zero-order valence-corrected chi connectivity index (χ0v) is 13.7. The highest BCUT2D eigenvalue weighted by atomic mass is 32.1. The molecule has 5 nitrogen and oxygen atoms in total. The quantitative estimate of drug-likeness (QED) is 0.659. The van der Waals surface area contributed by atoms with E-state index in [1.165, 1.54) is 37.0 Å². The molecule has 2 fully saturated rings. The minimum absolute atomic E-state index is 0.00758. The van der Waals surface area contributed by atoms with E-state index in [0.29, 0.717) is 5.92 Å². The Balaban J connectivity index is 1.57. The molecule has 0 unspecified atom stereocenters. The van der Waals surface area contributed by atoms with Crippen LogP contribution in [0.1, 0.15) is 61.4 Å². The first-order valence-electron chi connectivity index (χ1n) is 8.10. The molecule has 22 heavy (non-hydrogen) atoms. The number of nitrogens with one attached hydrogen (secondary N) is 2. The SMILES string of the molecule is Cc1nc(NC(=O)[C@H]2C[C@H](NC#N)C2)sc1C1CCCCC1. The van der Waals surface area contributed by atoms with Gasteiger partial charge in [0.15, 0.2) is 11.3 Å². The van der Waals surface area contributed by atoms with Gasteiger partial charge < -0.3 is 10.6 Å². The van der Waals surface area contributed by atoms with Gasteiger partial charge in [0.2, 0.25) is 5.91 Å². The van der Waals surface area contributed by atoms with Gasteiger partial charge in [0.1, 0.15) is 0 Å². The molecule has 1 amide bonds. The number of nitriles is 1. The predicted octanol–water partition coefficient (Wildman–Crippen LogP) is 3.29. The highest BCUT2D eigenvalue weighted by molar-refractivity contribution is 7.16. The summed E-state index contributed by atoms with van der Waals surface area (Å²) in [6, 6.07) is 0.164. The van der Waals surface area contributed by atoms with Crippen LogP contribution in [0.2, 0.25) is 0 Å². The second kappa shape index (κ2) is 6.66. The van der Waals surface area contributed by atoms with Gasteiger partial charge >= 0.3 is 0 Å². The number of anilines is 1. The van der Waals surface area contributed by atoms with E-state index in [1.54, 1.807) is 11.3 Å². The fraction of sp³-hybridized carbons (Fsp3) is 0.688. The van der Waals surface area contributed by atoms with E-state index in [1.807, 2.05) is 13.1 Å². The molecule has 0 spiro atoms. The van der Waals surface area contributed by atoms with E-state index in [2.05, 4.69) is 15.6 Å². The molecule has 0 aliphatic heterocycles. The summed E-state index contributed by atoms with van der Waals surface area (Å²) in [6.45, 7) is 2.05. The van der Waals surface area contributed by atoms with Gasteiger partial charge in [-0.15, -0.1) is 11.3 Å². The fourth-order valence-electron chi connectivity index (χ4n) is 3.45. The number of aryl methyl sites for hydroxylation is 1. The van der Waals surface area contributed by atoms with Crippen molar-refractivity contribution >= 4 is 22.4 Å². The minimum atomic E-state index is 0.00758. The van der Waals surface area contributed by atoms with Gasteiger partial charge in [-0.05, 0) is 38.5 Å². The summed E-state index contributed by atoms with van der Waals surface area (Å²) in [5, 5.41) is 14.9. The second-order valence-electron chi connectivity index (χ2n) is 6.41. The number of amides is 1. The molecule has 1 heterocycles. The van der Waals surface area contributed by atoms with Gasteiger partial charge in [-0.2, -0.15) is 5.26 Å². The van der Waals surface area contributed by atoms with Gasteiger partial charge in [0, 0.05) is 16.8 Å². The van der Waals surface area contributed by atoms with E-state index in [0.717, 1.165) is 23.7 Å². The Kier molecular flexibility index (Phi) is 4.63. The first-order valence-corrected chi connectivity index (χ1v) is 8.92. The lowest BCUT2D eigenvalue weighted by atomic mass is 9.80. The third kappa shape index (κ3) is 3.25. The summed E-state index contributed by atoms with van der Waals surface area (Å²) in [6.07, 6.45) is 9.86. The van der Waals surface area contributed by atoms with E-state index < -0.39 is 0 Å². The van der Waals surface area contributed by atoms with Crippen LogP contribution in [0, 0.1) is 24.3 Å². The van der Waals surface area contributed by atoms with Gasteiger partial charge in [0.25, 0.3) is 0 Å². The summed E-state index contributed by atoms with van der Waals surface area (Å²) in [7, 11) is 0. The van der Waals surface area contributed by atoms with E-state index in [9.17, 15) is 4.79 Å². The number of thiazole rings is 1. The molecule has 1 aromatic rings. The van der Waals surface area contributed by atoms with Crippen molar-refractivity contribution in [2.45, 2.75) is 63.8 Å². The van der Waals surface area contributed by atoms with Gasteiger partial charge in [-0.1, -0.05) is 19.3 Å². The zero-order valence-electron chi connectivity index (χ0n) is 12.9. The molecule has 0 atom stereocenters. The molecule has 0 saturated heterocycles. The molecule has 2 saturated carbocycles. The third-order valence-corrected chi connectivity index (χ3v) is 6.05. The van der Waals surface area contributed by atoms with Crippen molar-refractivity contribution in [1.29, 1.82) is 5.26 Å². The zero-order chi connectivity index (χ0) is 15.5. The normalized spacial score (nSPS) is 25.1. The second-order valence-corrected chi connectivity index (χ2v) is 7.44. The maximum absolute atomic E-state index is 12.2. The van der Waals surface area contributed by atoms with Crippen molar-refractivity contribution in [2.75, 3.05) is 5.32 Å². The van der Waals surface area contributed by atoms with Gasteiger partial charge in [-0.3, -0.25) is 4.79 Å². The van der Waals surface area contributed by atoms with Crippen molar-refractivity contribution in [3.05, 3.63) is 10.6 Å². The Bertz CT molecular complexity index is 579. The van der Waals surface area contributed by atoms with Crippen LogP contribution in [0.25, 0.3) is 0 Å². The smallest absolute Gasteiger partial charge is 0.229 e. The Morgan fingerprint density at radius 3 is 2.73 bits per heavy atom. The van der Waals surface area contributed by atoms with Crippen LogP contribution in [-0.2, 0) is 4.79 Å². The predicted molar refractivity (Wildman–Crippen MR) is 86.6 cm³/mol. The molecule has 2 aliphatic rings. The summed E-state index contributed by atoms with van der Waals surface area (Å²) in [5.41, 5.74) is 1.07. The maximum atomic E-state index is 12.2. The third-order valence-electron chi connectivity index (χ3n) is 4.82. The number of aromatic nitrogens is 1. The summed E-state index contributed by atoms with van der Waals surface area (Å²) < 4.78 is 0. The molecule has 1 aromatic heterocycles. The fourth-order valence-corrected chi connectivity index (χ4v) is 4.59. The van der Waals surface area contributed by atoms with Crippen molar-refractivity contribution < 1.29 is 4.79 Å². The molecule has 0 bridgehead atoms. The topological polar surface area (TPSA) is 77.8 Å². The van der Waals surface area contributed by atoms with Crippen molar-refractivity contribution in [3.8, 4) is 6.19 Å². The number of carbonyl (C=O) groups is 1. The molecule has 6 heteroatoms. The van der Waals surface area contributed by atoms with Crippen LogP contribution in [0.4, 0.5) is 5.13 Å². The Hall–Kier alpha value is -1.61. The van der Waals surface area contributed by atoms with Gasteiger partial charge in [0.05, 0.1) is 5.69 Å². The molecule has 0 aromatic carbocycles. The maximum Gasteiger partial charge on any atom is 0.229 e. The number of hydrogen-bond acceptors (Lipinski definition) is 5. The molecule has 3 rings (SSSR count). The summed E-state index contributed by atoms with van der Waals surface area (Å²) >= 11 is 1.65. The average Bonchev–Trinajstić information content (AvgIpc) is 2.83. The first-order chi connectivity index (χ1) is 10.7. The Labute approximate surface area is 135 Å². The van der Waals surface area contributed by atoms with Gasteiger partial charge in [-0.25, -0.2) is 4.98 Å². The number of carbonyl (C=O) groups excluding carboxylic acids is 1. The number of hydrogen-bond donors (Lipinski definition) is 2.